The van der Waals surface area contributed by atoms with Crippen molar-refractivity contribution in [1.29, 1.82) is 0 Å². The van der Waals surface area contributed by atoms with E-state index in [4.69, 9.17) is 28.4 Å². The fourth-order valence-corrected chi connectivity index (χ4v) is 4.56. The van der Waals surface area contributed by atoms with Gasteiger partial charge >= 0.3 is 0 Å². The van der Waals surface area contributed by atoms with Gasteiger partial charge in [0.25, 0.3) is 0 Å². The van der Waals surface area contributed by atoms with Crippen LogP contribution in [0.5, 0.6) is 34.5 Å². The van der Waals surface area contributed by atoms with Crippen molar-refractivity contribution in [3.8, 4) is 34.5 Å². The van der Waals surface area contributed by atoms with Crippen LogP contribution < -0.4 is 28.4 Å². The summed E-state index contributed by atoms with van der Waals surface area (Å²) in [5.41, 5.74) is 1.90. The molecule has 1 aliphatic rings. The Balaban J connectivity index is 1.68. The van der Waals surface area contributed by atoms with E-state index in [0.717, 1.165) is 5.56 Å². The molecule has 3 aromatic carbocycles. The second kappa shape index (κ2) is 11.6. The predicted molar refractivity (Wildman–Crippen MR) is 135 cm³/mol. The monoisotopic (exact) mass is 512 g/mol. The molecule has 0 fully saturated rings. The Morgan fingerprint density at radius 1 is 0.784 bits per heavy atom. The van der Waals surface area contributed by atoms with Crippen molar-refractivity contribution in [2.45, 2.75) is 24.2 Å². The molecule has 1 aliphatic heterocycles. The van der Waals surface area contributed by atoms with Gasteiger partial charge in [-0.1, -0.05) is 18.2 Å². The molecule has 198 valence electrons. The second-order valence-corrected chi connectivity index (χ2v) is 8.52. The topological polar surface area (TPSA) is 116 Å². The van der Waals surface area contributed by atoms with Crippen molar-refractivity contribution < 1.29 is 43.7 Å². The third kappa shape index (κ3) is 5.11. The van der Waals surface area contributed by atoms with Gasteiger partial charge in [0.1, 0.15) is 12.2 Å². The summed E-state index contributed by atoms with van der Waals surface area (Å²) < 4.78 is 33.9. The lowest BCUT2D eigenvalue weighted by Crippen LogP contribution is -2.29. The minimum atomic E-state index is -1.21. The van der Waals surface area contributed by atoms with Crippen LogP contribution in [-0.4, -0.2) is 63.1 Å². The third-order valence-electron chi connectivity index (χ3n) is 6.49. The van der Waals surface area contributed by atoms with Crippen molar-refractivity contribution in [2.24, 2.45) is 0 Å². The molecule has 0 saturated heterocycles. The zero-order valence-corrected chi connectivity index (χ0v) is 21.2. The van der Waals surface area contributed by atoms with Crippen LogP contribution in [-0.2, 0) is 0 Å². The number of rotatable bonds is 11. The number of methoxy groups -OCH3 is 4. The van der Waals surface area contributed by atoms with E-state index >= 15 is 0 Å². The summed E-state index contributed by atoms with van der Waals surface area (Å²) in [4.78, 5) is 0. The first-order valence-corrected chi connectivity index (χ1v) is 11.8. The molecule has 4 rings (SSSR count). The number of para-hydroxylation sites is 2. The number of aliphatic hydroxyl groups excluding tert-OH is 3. The highest BCUT2D eigenvalue weighted by molar-refractivity contribution is 5.56. The largest absolute Gasteiger partial charge is 0.493 e. The van der Waals surface area contributed by atoms with Gasteiger partial charge in [-0.2, -0.15) is 0 Å². The average molecular weight is 513 g/mol. The zero-order valence-electron chi connectivity index (χ0n) is 21.2. The van der Waals surface area contributed by atoms with Crippen molar-refractivity contribution in [3.63, 3.8) is 0 Å². The summed E-state index contributed by atoms with van der Waals surface area (Å²) in [6, 6.07) is 15.8. The lowest BCUT2D eigenvalue weighted by Gasteiger charge is -2.24. The summed E-state index contributed by atoms with van der Waals surface area (Å²) in [6.07, 6.45) is -2.73. The maximum absolute atomic E-state index is 11.2. The van der Waals surface area contributed by atoms with Gasteiger partial charge in [0.2, 0.25) is 0 Å². The van der Waals surface area contributed by atoms with Gasteiger partial charge < -0.3 is 43.7 Å². The van der Waals surface area contributed by atoms with E-state index in [1.54, 1.807) is 56.7 Å². The molecule has 0 aliphatic carbocycles. The van der Waals surface area contributed by atoms with E-state index < -0.39 is 30.8 Å². The van der Waals surface area contributed by atoms with Crippen molar-refractivity contribution in [1.82, 2.24) is 0 Å². The molecule has 0 saturated carbocycles. The maximum Gasteiger partial charge on any atom is 0.165 e. The van der Waals surface area contributed by atoms with E-state index in [9.17, 15) is 15.3 Å². The molecule has 3 aromatic rings. The molecule has 0 bridgehead atoms. The molecule has 9 heteroatoms. The SMILES string of the molecule is COc1ccc([C@@H]2Oc3c(OC)cc(C(O)C(CO)Oc4ccccc4OC)cc3[C@H]2CO)cc1OC. The van der Waals surface area contributed by atoms with Crippen LogP contribution in [0.1, 0.15) is 34.8 Å². The number of ether oxygens (including phenoxy) is 6. The first-order chi connectivity index (χ1) is 18.0. The van der Waals surface area contributed by atoms with Crippen LogP contribution in [0.3, 0.4) is 0 Å². The Labute approximate surface area is 215 Å². The molecule has 0 spiro atoms. The highest BCUT2D eigenvalue weighted by Crippen LogP contribution is 2.52. The molecule has 9 nitrogen and oxygen atoms in total. The predicted octanol–water partition coefficient (Wildman–Crippen LogP) is 3.40. The van der Waals surface area contributed by atoms with E-state index in [2.05, 4.69) is 0 Å². The molecule has 2 unspecified atom stereocenters. The summed E-state index contributed by atoms with van der Waals surface area (Å²) in [5, 5.41) is 31.6. The van der Waals surface area contributed by atoms with Gasteiger partial charge in [-0.05, 0) is 47.5 Å². The van der Waals surface area contributed by atoms with E-state index in [-0.39, 0.29) is 6.61 Å². The molecule has 4 atom stereocenters. The van der Waals surface area contributed by atoms with Crippen molar-refractivity contribution in [2.75, 3.05) is 41.7 Å². The molecular formula is C28H32O9. The second-order valence-electron chi connectivity index (χ2n) is 8.52. The first kappa shape index (κ1) is 26.4. The minimum Gasteiger partial charge on any atom is -0.493 e. The molecule has 0 aromatic heterocycles. The van der Waals surface area contributed by atoms with Gasteiger partial charge in [0.05, 0.1) is 47.6 Å². The van der Waals surface area contributed by atoms with Crippen molar-refractivity contribution in [3.05, 3.63) is 71.3 Å². The van der Waals surface area contributed by atoms with Gasteiger partial charge in [0, 0.05) is 5.56 Å². The number of hydrogen-bond donors (Lipinski definition) is 3. The Hall–Kier alpha value is -3.66. The Morgan fingerprint density at radius 3 is 2.05 bits per heavy atom. The summed E-state index contributed by atoms with van der Waals surface area (Å²) in [5.74, 6) is 2.41. The standard InChI is InChI=1S/C28H32O9/c1-32-20-7-5-6-8-22(20)36-25(15-30)26(31)17-11-18-19(14-29)27(37-28(18)24(13-17)35-4)16-9-10-21(33-2)23(12-16)34-3/h5-13,19,25-27,29-31H,14-15H2,1-4H3/t19-,25?,26?,27+/m1/s1. The summed E-state index contributed by atoms with van der Waals surface area (Å²) in [7, 11) is 6.13. The molecule has 0 amide bonds. The first-order valence-electron chi connectivity index (χ1n) is 11.8. The summed E-state index contributed by atoms with van der Waals surface area (Å²) >= 11 is 0. The molecule has 37 heavy (non-hydrogen) atoms. The fourth-order valence-electron chi connectivity index (χ4n) is 4.56. The maximum atomic E-state index is 11.2. The van der Waals surface area contributed by atoms with E-state index in [0.29, 0.717) is 45.6 Å². The highest BCUT2D eigenvalue weighted by Gasteiger charge is 2.39. The average Bonchev–Trinajstić information content (AvgIpc) is 3.33. The Kier molecular flexibility index (Phi) is 8.27. The van der Waals surface area contributed by atoms with Crippen LogP contribution in [0, 0.1) is 0 Å². The summed E-state index contributed by atoms with van der Waals surface area (Å²) in [6.45, 7) is -0.664. The lowest BCUT2D eigenvalue weighted by atomic mass is 9.89. The number of fused-ring (bicyclic) bond motifs is 1. The molecular weight excluding hydrogens is 480 g/mol. The van der Waals surface area contributed by atoms with Crippen LogP contribution in [0.25, 0.3) is 0 Å². The van der Waals surface area contributed by atoms with Crippen LogP contribution >= 0.6 is 0 Å². The van der Waals surface area contributed by atoms with Crippen LogP contribution in [0.4, 0.5) is 0 Å². The Morgan fingerprint density at radius 2 is 1.43 bits per heavy atom. The van der Waals surface area contributed by atoms with Crippen molar-refractivity contribution >= 4 is 0 Å². The number of hydrogen-bond acceptors (Lipinski definition) is 9. The third-order valence-corrected chi connectivity index (χ3v) is 6.49. The number of benzene rings is 3. The molecule has 1 heterocycles. The molecule has 0 radical (unpaired) electrons. The minimum absolute atomic E-state index is 0.212. The normalized spacial score (nSPS) is 17.8. The van der Waals surface area contributed by atoms with Crippen LogP contribution in [0.15, 0.2) is 54.6 Å². The smallest absolute Gasteiger partial charge is 0.165 e. The van der Waals surface area contributed by atoms with Gasteiger partial charge in [-0.3, -0.25) is 0 Å². The Bertz CT molecular complexity index is 1210. The van der Waals surface area contributed by atoms with Gasteiger partial charge in [-0.15, -0.1) is 0 Å². The van der Waals surface area contributed by atoms with E-state index in [1.165, 1.54) is 14.2 Å². The lowest BCUT2D eigenvalue weighted by molar-refractivity contribution is -0.000540. The van der Waals surface area contributed by atoms with Gasteiger partial charge in [-0.25, -0.2) is 0 Å². The van der Waals surface area contributed by atoms with Gasteiger partial charge in [0.15, 0.2) is 40.6 Å². The fraction of sp³-hybridized carbons (Fsp3) is 0.357. The highest BCUT2D eigenvalue weighted by atomic mass is 16.5. The van der Waals surface area contributed by atoms with E-state index in [1.807, 2.05) is 12.1 Å². The quantitative estimate of drug-likeness (QED) is 0.355. The van der Waals surface area contributed by atoms with Crippen LogP contribution in [0.2, 0.25) is 0 Å². The zero-order chi connectivity index (χ0) is 26.5. The molecule has 3 N–H and O–H groups in total. The number of aliphatic hydroxyl groups is 3.